The Morgan fingerprint density at radius 1 is 1.35 bits per heavy atom. The van der Waals surface area contributed by atoms with E-state index in [0.717, 1.165) is 0 Å². The van der Waals surface area contributed by atoms with Crippen molar-refractivity contribution >= 4 is 11.9 Å². The summed E-state index contributed by atoms with van der Waals surface area (Å²) >= 11 is 0. The van der Waals surface area contributed by atoms with Gasteiger partial charge in [0.2, 0.25) is 5.91 Å². The van der Waals surface area contributed by atoms with Gasteiger partial charge in [0.25, 0.3) is 0 Å². The number of para-hydroxylation sites is 1. The zero-order valence-corrected chi connectivity index (χ0v) is 14.5. The van der Waals surface area contributed by atoms with E-state index >= 15 is 0 Å². The Hall–Kier alpha value is -2.22. The second-order valence-electron chi connectivity index (χ2n) is 6.91. The van der Waals surface area contributed by atoms with Gasteiger partial charge in [0.15, 0.2) is 0 Å². The van der Waals surface area contributed by atoms with E-state index in [9.17, 15) is 23.5 Å². The summed E-state index contributed by atoms with van der Waals surface area (Å²) in [7, 11) is 1.67. The fourth-order valence-corrected chi connectivity index (χ4v) is 4.17. The van der Waals surface area contributed by atoms with Crippen molar-refractivity contribution in [3.05, 3.63) is 29.8 Å². The van der Waals surface area contributed by atoms with Crippen LogP contribution in [0.25, 0.3) is 0 Å². The number of aliphatic carboxylic acids is 1. The number of nitrogens with zero attached hydrogens (tertiary/aromatic N) is 2. The maximum Gasteiger partial charge on any atom is 0.387 e. The number of carbonyl (C=O) groups excluding carboxylic acids is 1. The third kappa shape index (κ3) is 3.38. The van der Waals surface area contributed by atoms with Gasteiger partial charge in [0, 0.05) is 38.7 Å². The van der Waals surface area contributed by atoms with Gasteiger partial charge < -0.3 is 14.7 Å². The second kappa shape index (κ2) is 7.19. The lowest BCUT2D eigenvalue weighted by molar-refractivity contribution is -0.146. The van der Waals surface area contributed by atoms with Crippen molar-refractivity contribution in [1.29, 1.82) is 0 Å². The van der Waals surface area contributed by atoms with Crippen LogP contribution < -0.4 is 4.74 Å². The molecule has 3 rings (SSSR count). The lowest BCUT2D eigenvalue weighted by Gasteiger charge is -2.45. The Balaban J connectivity index is 1.69. The standard InChI is InChI=1S/C18H22F2N2O4/c1-21-15(23)10-13(16(24)25)18(21)6-8-22(9-7-18)11-12-4-2-3-5-14(12)26-17(19)20/h2-5,13,17H,6-11H2,1H3,(H,24,25)/t13-/m0/s1. The first-order valence-corrected chi connectivity index (χ1v) is 8.58. The first-order chi connectivity index (χ1) is 12.3. The molecule has 0 bridgehead atoms. The van der Waals surface area contributed by atoms with E-state index in [4.69, 9.17) is 0 Å². The van der Waals surface area contributed by atoms with Crippen LogP contribution in [-0.4, -0.2) is 59.1 Å². The number of piperidine rings is 1. The molecule has 1 amide bonds. The van der Waals surface area contributed by atoms with E-state index in [1.54, 1.807) is 30.1 Å². The molecule has 2 saturated heterocycles. The molecule has 2 heterocycles. The number of ether oxygens (including phenoxy) is 1. The molecule has 0 unspecified atom stereocenters. The van der Waals surface area contributed by atoms with Crippen LogP contribution in [0.2, 0.25) is 0 Å². The van der Waals surface area contributed by atoms with Gasteiger partial charge in [-0.2, -0.15) is 8.78 Å². The number of carbonyl (C=O) groups is 2. The number of hydrogen-bond donors (Lipinski definition) is 1. The number of likely N-dealkylation sites (tertiary alicyclic amines) is 2. The molecular weight excluding hydrogens is 346 g/mol. The van der Waals surface area contributed by atoms with E-state index in [2.05, 4.69) is 9.64 Å². The number of hydrogen-bond acceptors (Lipinski definition) is 4. The third-order valence-electron chi connectivity index (χ3n) is 5.67. The van der Waals surface area contributed by atoms with Crippen LogP contribution in [0.4, 0.5) is 8.78 Å². The van der Waals surface area contributed by atoms with Crippen LogP contribution in [0.1, 0.15) is 24.8 Å². The largest absolute Gasteiger partial charge is 0.481 e. The van der Waals surface area contributed by atoms with Gasteiger partial charge >= 0.3 is 12.6 Å². The minimum atomic E-state index is -2.88. The number of carboxylic acids is 1. The van der Waals surface area contributed by atoms with Gasteiger partial charge in [-0.15, -0.1) is 0 Å². The molecular formula is C18H22F2N2O4. The molecule has 2 fully saturated rings. The van der Waals surface area contributed by atoms with Crippen molar-refractivity contribution in [2.75, 3.05) is 20.1 Å². The monoisotopic (exact) mass is 368 g/mol. The van der Waals surface area contributed by atoms with Crippen LogP contribution in [0.15, 0.2) is 24.3 Å². The molecule has 1 aromatic rings. The van der Waals surface area contributed by atoms with Crippen molar-refractivity contribution in [2.24, 2.45) is 5.92 Å². The summed E-state index contributed by atoms with van der Waals surface area (Å²) < 4.78 is 29.7. The molecule has 2 aliphatic rings. The van der Waals surface area contributed by atoms with Crippen LogP contribution in [0.5, 0.6) is 5.75 Å². The molecule has 1 atom stereocenters. The van der Waals surface area contributed by atoms with Gasteiger partial charge in [-0.3, -0.25) is 14.5 Å². The lowest BCUT2D eigenvalue weighted by atomic mass is 9.77. The van der Waals surface area contributed by atoms with Gasteiger partial charge in [0.05, 0.1) is 11.5 Å². The van der Waals surface area contributed by atoms with E-state index in [1.807, 2.05) is 0 Å². The predicted octanol–water partition coefficient (Wildman–Crippen LogP) is 2.19. The van der Waals surface area contributed by atoms with Gasteiger partial charge in [-0.1, -0.05) is 18.2 Å². The van der Waals surface area contributed by atoms with Gasteiger partial charge in [-0.05, 0) is 18.9 Å². The second-order valence-corrected chi connectivity index (χ2v) is 6.91. The Morgan fingerprint density at radius 3 is 2.62 bits per heavy atom. The van der Waals surface area contributed by atoms with E-state index in [-0.39, 0.29) is 18.1 Å². The minimum absolute atomic E-state index is 0.0386. The highest BCUT2D eigenvalue weighted by Gasteiger charge is 2.55. The molecule has 1 aromatic carbocycles. The summed E-state index contributed by atoms with van der Waals surface area (Å²) in [5, 5.41) is 9.51. The van der Waals surface area contributed by atoms with Crippen LogP contribution in [0, 0.1) is 5.92 Å². The van der Waals surface area contributed by atoms with Crippen molar-refractivity contribution in [2.45, 2.75) is 38.0 Å². The zero-order chi connectivity index (χ0) is 18.9. The van der Waals surface area contributed by atoms with E-state index < -0.39 is 24.0 Å². The molecule has 2 aliphatic heterocycles. The Morgan fingerprint density at radius 2 is 2.00 bits per heavy atom. The topological polar surface area (TPSA) is 70.1 Å². The SMILES string of the molecule is CN1C(=O)C[C@@H](C(=O)O)C12CCN(Cc1ccccc1OC(F)F)CC2. The van der Waals surface area contributed by atoms with Crippen molar-refractivity contribution < 1.29 is 28.2 Å². The molecule has 8 heteroatoms. The lowest BCUT2D eigenvalue weighted by Crippen LogP contribution is -2.55. The quantitative estimate of drug-likeness (QED) is 0.863. The summed E-state index contributed by atoms with van der Waals surface area (Å²) in [5.41, 5.74) is 0.00711. The molecule has 1 spiro atoms. The summed E-state index contributed by atoms with van der Waals surface area (Å²) in [5.74, 6) is -1.62. The average Bonchev–Trinajstić information content (AvgIpc) is 2.84. The highest BCUT2D eigenvalue weighted by Crippen LogP contribution is 2.43. The van der Waals surface area contributed by atoms with Crippen molar-refractivity contribution in [3.8, 4) is 5.75 Å². The first kappa shape index (κ1) is 18.6. The molecule has 0 saturated carbocycles. The minimum Gasteiger partial charge on any atom is -0.481 e. The number of halogens is 2. The first-order valence-electron chi connectivity index (χ1n) is 8.58. The zero-order valence-electron chi connectivity index (χ0n) is 14.5. The third-order valence-corrected chi connectivity index (χ3v) is 5.67. The maximum absolute atomic E-state index is 12.5. The number of alkyl halides is 2. The fraction of sp³-hybridized carbons (Fsp3) is 0.556. The van der Waals surface area contributed by atoms with Gasteiger partial charge in [-0.25, -0.2) is 0 Å². The maximum atomic E-state index is 12.5. The average molecular weight is 368 g/mol. The van der Waals surface area contributed by atoms with E-state index in [1.165, 1.54) is 6.07 Å². The fourth-order valence-electron chi connectivity index (χ4n) is 4.17. The normalized spacial score (nSPS) is 23.0. The highest BCUT2D eigenvalue weighted by atomic mass is 19.3. The Labute approximate surface area is 150 Å². The summed E-state index contributed by atoms with van der Waals surface area (Å²) in [4.78, 5) is 27.3. The van der Waals surface area contributed by atoms with Crippen LogP contribution in [0.3, 0.4) is 0 Å². The molecule has 6 nitrogen and oxygen atoms in total. The number of carboxylic acid groups (broad SMARTS) is 1. The summed E-state index contributed by atoms with van der Waals surface area (Å²) in [6.45, 7) is -1.27. The molecule has 26 heavy (non-hydrogen) atoms. The molecule has 1 N–H and O–H groups in total. The number of rotatable bonds is 5. The molecule has 0 aromatic heterocycles. The Kier molecular flexibility index (Phi) is 5.13. The summed E-state index contributed by atoms with van der Waals surface area (Å²) in [6, 6.07) is 6.66. The van der Waals surface area contributed by atoms with Gasteiger partial charge in [0.1, 0.15) is 5.75 Å². The number of amides is 1. The number of benzene rings is 1. The van der Waals surface area contributed by atoms with Crippen LogP contribution in [-0.2, 0) is 16.1 Å². The van der Waals surface area contributed by atoms with Crippen molar-refractivity contribution in [3.63, 3.8) is 0 Å². The Bertz CT molecular complexity index is 690. The van der Waals surface area contributed by atoms with Crippen LogP contribution >= 0.6 is 0 Å². The summed E-state index contributed by atoms with van der Waals surface area (Å²) in [6.07, 6.45) is 1.13. The molecule has 142 valence electrons. The van der Waals surface area contributed by atoms with E-state index in [0.29, 0.717) is 38.0 Å². The highest BCUT2D eigenvalue weighted by molar-refractivity contribution is 5.88. The molecule has 0 aliphatic carbocycles. The predicted molar refractivity (Wildman–Crippen MR) is 88.8 cm³/mol. The van der Waals surface area contributed by atoms with Crippen molar-refractivity contribution in [1.82, 2.24) is 9.80 Å². The smallest absolute Gasteiger partial charge is 0.387 e. The molecule has 0 radical (unpaired) electrons.